The molecule has 1 nitrogen and oxygen atoms in total. The number of anilines is 1. The largest absolute Gasteiger partial charge is 0.379 e. The Morgan fingerprint density at radius 3 is 2.61 bits per heavy atom. The van der Waals surface area contributed by atoms with E-state index in [-0.39, 0.29) is 5.82 Å². The summed E-state index contributed by atoms with van der Waals surface area (Å²) in [7, 11) is 0. The third-order valence-electron chi connectivity index (χ3n) is 4.78. The van der Waals surface area contributed by atoms with Crippen molar-refractivity contribution in [2.45, 2.75) is 51.0 Å². The molecule has 1 spiro atoms. The van der Waals surface area contributed by atoms with Crippen LogP contribution in [0.4, 0.5) is 10.1 Å². The monoisotopic (exact) mass is 267 g/mol. The highest BCUT2D eigenvalue weighted by atomic mass is 35.5. The molecule has 0 aromatic heterocycles. The van der Waals surface area contributed by atoms with Crippen LogP contribution in [0.5, 0.6) is 0 Å². The van der Waals surface area contributed by atoms with Gasteiger partial charge in [-0.05, 0) is 49.3 Å². The van der Waals surface area contributed by atoms with E-state index >= 15 is 0 Å². The summed E-state index contributed by atoms with van der Waals surface area (Å²) in [6.07, 6.45) is 9.07. The maximum absolute atomic E-state index is 13.7. The van der Waals surface area contributed by atoms with Gasteiger partial charge in [-0.15, -0.1) is 0 Å². The molecule has 3 heteroatoms. The van der Waals surface area contributed by atoms with Gasteiger partial charge < -0.3 is 5.32 Å². The normalized spacial score (nSPS) is 25.8. The standard InChI is InChI=1S/C15H19ClFN/c16-11-4-5-12(17)13(10-11)18-14-6-9-15(14)7-2-1-3-8-15/h4-5,10,14,18H,1-3,6-9H2. The maximum atomic E-state index is 13.7. The first-order valence-electron chi connectivity index (χ1n) is 6.91. The molecular formula is C15H19ClFN. The van der Waals surface area contributed by atoms with Crippen LogP contribution in [0.25, 0.3) is 0 Å². The average Bonchev–Trinajstić information content (AvgIpc) is 2.39. The molecule has 0 radical (unpaired) electrons. The van der Waals surface area contributed by atoms with E-state index in [0.29, 0.717) is 22.2 Å². The summed E-state index contributed by atoms with van der Waals surface area (Å²) in [5.74, 6) is -0.197. The van der Waals surface area contributed by atoms with E-state index in [2.05, 4.69) is 5.32 Å². The van der Waals surface area contributed by atoms with Gasteiger partial charge in [-0.1, -0.05) is 30.9 Å². The number of hydrogen-bond donors (Lipinski definition) is 1. The lowest BCUT2D eigenvalue weighted by atomic mass is 9.57. The molecule has 1 atom stereocenters. The molecule has 2 saturated carbocycles. The van der Waals surface area contributed by atoms with E-state index in [0.717, 1.165) is 6.42 Å². The average molecular weight is 268 g/mol. The highest BCUT2D eigenvalue weighted by molar-refractivity contribution is 6.30. The fourth-order valence-corrected chi connectivity index (χ4v) is 3.74. The maximum Gasteiger partial charge on any atom is 0.146 e. The van der Waals surface area contributed by atoms with Crippen molar-refractivity contribution in [3.8, 4) is 0 Å². The highest BCUT2D eigenvalue weighted by Crippen LogP contribution is 2.52. The second-order valence-corrected chi connectivity index (χ2v) is 6.22. The van der Waals surface area contributed by atoms with E-state index < -0.39 is 0 Å². The van der Waals surface area contributed by atoms with Crippen molar-refractivity contribution < 1.29 is 4.39 Å². The van der Waals surface area contributed by atoms with E-state index in [1.807, 2.05) is 0 Å². The molecule has 0 saturated heterocycles. The van der Waals surface area contributed by atoms with Crippen LogP contribution in [0.1, 0.15) is 44.9 Å². The van der Waals surface area contributed by atoms with Crippen LogP contribution >= 0.6 is 11.6 Å². The molecule has 1 N–H and O–H groups in total. The number of halogens is 2. The quantitative estimate of drug-likeness (QED) is 0.795. The molecule has 2 fully saturated rings. The summed E-state index contributed by atoms with van der Waals surface area (Å²) < 4.78 is 13.7. The van der Waals surface area contributed by atoms with Gasteiger partial charge in [-0.25, -0.2) is 4.39 Å². The third kappa shape index (κ3) is 2.11. The predicted molar refractivity (Wildman–Crippen MR) is 73.6 cm³/mol. The van der Waals surface area contributed by atoms with Crippen molar-refractivity contribution in [3.05, 3.63) is 29.0 Å². The minimum absolute atomic E-state index is 0.197. The van der Waals surface area contributed by atoms with Gasteiger partial charge in [0, 0.05) is 11.1 Å². The van der Waals surface area contributed by atoms with E-state index in [1.165, 1.54) is 44.6 Å². The van der Waals surface area contributed by atoms with Crippen LogP contribution in [-0.4, -0.2) is 6.04 Å². The zero-order chi connectivity index (χ0) is 12.6. The molecule has 1 aromatic carbocycles. The van der Waals surface area contributed by atoms with Crippen LogP contribution in [0, 0.1) is 11.2 Å². The van der Waals surface area contributed by atoms with Crippen molar-refractivity contribution >= 4 is 17.3 Å². The molecule has 1 aromatic rings. The first-order valence-corrected chi connectivity index (χ1v) is 7.29. The molecule has 18 heavy (non-hydrogen) atoms. The predicted octanol–water partition coefficient (Wildman–Crippen LogP) is 5.00. The van der Waals surface area contributed by atoms with E-state index in [1.54, 1.807) is 12.1 Å². The van der Waals surface area contributed by atoms with Gasteiger partial charge in [-0.2, -0.15) is 0 Å². The molecule has 2 aliphatic rings. The lowest BCUT2D eigenvalue weighted by Gasteiger charge is -2.52. The SMILES string of the molecule is Fc1ccc(Cl)cc1NC1CCC12CCCCC2. The van der Waals surface area contributed by atoms with Crippen LogP contribution in [0.2, 0.25) is 5.02 Å². The zero-order valence-corrected chi connectivity index (χ0v) is 11.3. The van der Waals surface area contributed by atoms with Gasteiger partial charge in [-0.3, -0.25) is 0 Å². The first kappa shape index (κ1) is 12.3. The number of nitrogens with one attached hydrogen (secondary N) is 1. The molecule has 98 valence electrons. The van der Waals surface area contributed by atoms with Gasteiger partial charge in [0.25, 0.3) is 0 Å². The molecule has 0 amide bonds. The zero-order valence-electron chi connectivity index (χ0n) is 10.5. The van der Waals surface area contributed by atoms with Crippen LogP contribution in [0.15, 0.2) is 18.2 Å². The molecule has 0 heterocycles. The molecule has 0 aliphatic heterocycles. The summed E-state index contributed by atoms with van der Waals surface area (Å²) in [5.41, 5.74) is 1.00. The molecule has 0 bridgehead atoms. The second kappa shape index (κ2) is 4.73. The minimum atomic E-state index is -0.197. The smallest absolute Gasteiger partial charge is 0.146 e. The lowest BCUT2D eigenvalue weighted by molar-refractivity contribution is 0.0569. The van der Waals surface area contributed by atoms with Gasteiger partial charge >= 0.3 is 0 Å². The van der Waals surface area contributed by atoms with E-state index in [4.69, 9.17) is 11.6 Å². The summed E-state index contributed by atoms with van der Waals surface area (Å²) in [6, 6.07) is 5.17. The summed E-state index contributed by atoms with van der Waals surface area (Å²) in [4.78, 5) is 0. The fraction of sp³-hybridized carbons (Fsp3) is 0.600. The first-order chi connectivity index (χ1) is 8.70. The van der Waals surface area contributed by atoms with Gasteiger partial charge in [0.15, 0.2) is 0 Å². The molecule has 2 aliphatic carbocycles. The van der Waals surface area contributed by atoms with E-state index in [9.17, 15) is 4.39 Å². The Morgan fingerprint density at radius 2 is 1.94 bits per heavy atom. The Morgan fingerprint density at radius 1 is 1.17 bits per heavy atom. The van der Waals surface area contributed by atoms with Crippen molar-refractivity contribution in [1.82, 2.24) is 0 Å². The van der Waals surface area contributed by atoms with Crippen LogP contribution in [0.3, 0.4) is 0 Å². The van der Waals surface area contributed by atoms with Crippen LogP contribution < -0.4 is 5.32 Å². The summed E-state index contributed by atoms with van der Waals surface area (Å²) >= 11 is 5.93. The summed E-state index contributed by atoms with van der Waals surface area (Å²) in [6.45, 7) is 0. The Labute approximate surface area is 113 Å². The van der Waals surface area contributed by atoms with Crippen LogP contribution in [-0.2, 0) is 0 Å². The molecular weight excluding hydrogens is 249 g/mol. The Bertz CT molecular complexity index is 440. The van der Waals surface area contributed by atoms with Gasteiger partial charge in [0.05, 0.1) is 5.69 Å². The van der Waals surface area contributed by atoms with Gasteiger partial charge in [0.1, 0.15) is 5.82 Å². The Hall–Kier alpha value is -0.760. The topological polar surface area (TPSA) is 12.0 Å². The van der Waals surface area contributed by atoms with Crippen molar-refractivity contribution in [3.63, 3.8) is 0 Å². The number of benzene rings is 1. The highest BCUT2D eigenvalue weighted by Gasteiger charge is 2.46. The fourth-order valence-electron chi connectivity index (χ4n) is 3.57. The third-order valence-corrected chi connectivity index (χ3v) is 5.01. The second-order valence-electron chi connectivity index (χ2n) is 5.78. The molecule has 3 rings (SSSR count). The Kier molecular flexibility index (Phi) is 3.23. The molecule has 1 unspecified atom stereocenters. The van der Waals surface area contributed by atoms with Gasteiger partial charge in [0.2, 0.25) is 0 Å². The minimum Gasteiger partial charge on any atom is -0.379 e. The van der Waals surface area contributed by atoms with Crippen molar-refractivity contribution in [2.75, 3.05) is 5.32 Å². The number of hydrogen-bond acceptors (Lipinski definition) is 1. The summed E-state index contributed by atoms with van der Waals surface area (Å²) in [5, 5.41) is 3.98. The lowest BCUT2D eigenvalue weighted by Crippen LogP contribution is -2.50. The Balaban J connectivity index is 1.74. The van der Waals surface area contributed by atoms with Crippen molar-refractivity contribution in [1.29, 1.82) is 0 Å². The van der Waals surface area contributed by atoms with Crippen molar-refractivity contribution in [2.24, 2.45) is 5.41 Å². The number of rotatable bonds is 2.